The van der Waals surface area contributed by atoms with Gasteiger partial charge in [-0.15, -0.1) is 0 Å². The standard InChI is InChI=1S/C17H26N2O2/c1-11(20)19(5)13-6-7-14-16(2,3)15(21)12(10-18)8-17(14,4)9-13/h8,13-15,21H,6-7,9H2,1-5H3/t13-,14-,15?,17+/m1/s1. The molecule has 1 amide bonds. The van der Waals surface area contributed by atoms with Gasteiger partial charge < -0.3 is 10.0 Å². The number of nitriles is 1. The molecule has 2 rings (SSSR count). The van der Waals surface area contributed by atoms with Crippen LogP contribution in [0.25, 0.3) is 0 Å². The second-order valence-corrected chi connectivity index (χ2v) is 7.56. The van der Waals surface area contributed by atoms with Crippen LogP contribution in [-0.2, 0) is 4.79 Å². The number of amides is 1. The molecule has 0 bridgehead atoms. The predicted octanol–water partition coefficient (Wildman–Crippen LogP) is 2.49. The summed E-state index contributed by atoms with van der Waals surface area (Å²) in [7, 11) is 1.86. The molecule has 1 fully saturated rings. The highest BCUT2D eigenvalue weighted by Crippen LogP contribution is 2.56. The van der Waals surface area contributed by atoms with Crippen molar-refractivity contribution in [1.82, 2.24) is 4.90 Å². The van der Waals surface area contributed by atoms with E-state index in [0.29, 0.717) is 11.5 Å². The number of hydrogen-bond acceptors (Lipinski definition) is 3. The van der Waals surface area contributed by atoms with E-state index in [1.54, 1.807) is 6.92 Å². The van der Waals surface area contributed by atoms with E-state index in [2.05, 4.69) is 26.8 Å². The van der Waals surface area contributed by atoms with Crippen molar-refractivity contribution in [2.45, 2.75) is 59.1 Å². The van der Waals surface area contributed by atoms with Crippen LogP contribution in [0.4, 0.5) is 0 Å². The molecular formula is C17H26N2O2. The fourth-order valence-corrected chi connectivity index (χ4v) is 4.53. The number of hydrogen-bond donors (Lipinski definition) is 1. The Kier molecular flexibility index (Phi) is 3.92. The summed E-state index contributed by atoms with van der Waals surface area (Å²) in [5.41, 5.74) is 0.0271. The Hall–Kier alpha value is -1.34. The number of rotatable bonds is 1. The van der Waals surface area contributed by atoms with Crippen LogP contribution in [0.15, 0.2) is 11.6 Å². The maximum atomic E-state index is 11.6. The molecular weight excluding hydrogens is 264 g/mol. The van der Waals surface area contributed by atoms with E-state index >= 15 is 0 Å². The highest BCUT2D eigenvalue weighted by molar-refractivity contribution is 5.73. The van der Waals surface area contributed by atoms with Crippen LogP contribution in [0.3, 0.4) is 0 Å². The molecule has 1 unspecified atom stereocenters. The largest absolute Gasteiger partial charge is 0.387 e. The van der Waals surface area contributed by atoms with Crippen molar-refractivity contribution in [2.24, 2.45) is 16.7 Å². The van der Waals surface area contributed by atoms with Gasteiger partial charge >= 0.3 is 0 Å². The van der Waals surface area contributed by atoms with Crippen molar-refractivity contribution in [3.8, 4) is 6.07 Å². The van der Waals surface area contributed by atoms with Gasteiger partial charge in [0.15, 0.2) is 0 Å². The molecule has 116 valence electrons. The lowest BCUT2D eigenvalue weighted by atomic mass is 9.51. The summed E-state index contributed by atoms with van der Waals surface area (Å²) in [5.74, 6) is 0.412. The lowest BCUT2D eigenvalue weighted by Crippen LogP contribution is -2.54. The first-order chi connectivity index (χ1) is 9.63. The Labute approximate surface area is 127 Å². The average molecular weight is 290 g/mol. The topological polar surface area (TPSA) is 64.3 Å². The average Bonchev–Trinajstić information content (AvgIpc) is 2.41. The first-order valence-electron chi connectivity index (χ1n) is 7.68. The summed E-state index contributed by atoms with van der Waals surface area (Å²) in [4.78, 5) is 13.4. The second-order valence-electron chi connectivity index (χ2n) is 7.56. The van der Waals surface area contributed by atoms with Gasteiger partial charge in [0, 0.05) is 20.0 Å². The molecule has 4 heteroatoms. The Morgan fingerprint density at radius 3 is 2.57 bits per heavy atom. The molecule has 0 aromatic carbocycles. The smallest absolute Gasteiger partial charge is 0.219 e. The minimum absolute atomic E-state index is 0.0849. The number of aliphatic hydroxyl groups excluding tert-OH is 1. The fraction of sp³-hybridized carbons (Fsp3) is 0.765. The molecule has 1 N–H and O–H groups in total. The number of nitrogens with zero attached hydrogens (tertiary/aromatic N) is 2. The lowest BCUT2D eigenvalue weighted by Gasteiger charge is -2.55. The first-order valence-corrected chi connectivity index (χ1v) is 7.68. The molecule has 2 aliphatic carbocycles. The molecule has 21 heavy (non-hydrogen) atoms. The number of carbonyl (C=O) groups excluding carboxylic acids is 1. The van der Waals surface area contributed by atoms with Crippen molar-refractivity contribution in [3.63, 3.8) is 0 Å². The Bertz CT molecular complexity index is 517. The second kappa shape index (κ2) is 5.14. The van der Waals surface area contributed by atoms with Crippen LogP contribution in [0, 0.1) is 28.1 Å². The zero-order valence-electron chi connectivity index (χ0n) is 13.7. The van der Waals surface area contributed by atoms with Crippen LogP contribution in [0.5, 0.6) is 0 Å². The number of fused-ring (bicyclic) bond motifs is 1. The highest BCUT2D eigenvalue weighted by atomic mass is 16.3. The Morgan fingerprint density at radius 2 is 2.05 bits per heavy atom. The summed E-state index contributed by atoms with van der Waals surface area (Å²) in [6.07, 6.45) is 4.06. The third-order valence-electron chi connectivity index (χ3n) is 5.82. The predicted molar refractivity (Wildman–Crippen MR) is 81.2 cm³/mol. The van der Waals surface area contributed by atoms with E-state index in [4.69, 9.17) is 0 Å². The Morgan fingerprint density at radius 1 is 1.43 bits per heavy atom. The monoisotopic (exact) mass is 290 g/mol. The molecule has 0 heterocycles. The molecule has 2 aliphatic rings. The van der Waals surface area contributed by atoms with Gasteiger partial charge in [0.2, 0.25) is 5.91 Å². The molecule has 0 aromatic rings. The van der Waals surface area contributed by atoms with E-state index in [9.17, 15) is 15.2 Å². The summed E-state index contributed by atoms with van der Waals surface area (Å²) < 4.78 is 0. The van der Waals surface area contributed by atoms with Crippen LogP contribution >= 0.6 is 0 Å². The molecule has 0 spiro atoms. The quantitative estimate of drug-likeness (QED) is 0.807. The number of aliphatic hydroxyl groups is 1. The van der Waals surface area contributed by atoms with Crippen molar-refractivity contribution in [2.75, 3.05) is 7.05 Å². The van der Waals surface area contributed by atoms with Crippen LogP contribution in [0.2, 0.25) is 0 Å². The van der Waals surface area contributed by atoms with Crippen molar-refractivity contribution < 1.29 is 9.90 Å². The van der Waals surface area contributed by atoms with Gasteiger partial charge in [0.05, 0.1) is 17.7 Å². The van der Waals surface area contributed by atoms with E-state index < -0.39 is 6.10 Å². The van der Waals surface area contributed by atoms with Crippen molar-refractivity contribution >= 4 is 5.91 Å². The molecule has 4 nitrogen and oxygen atoms in total. The maximum Gasteiger partial charge on any atom is 0.219 e. The third-order valence-corrected chi connectivity index (χ3v) is 5.82. The fourth-order valence-electron chi connectivity index (χ4n) is 4.53. The van der Waals surface area contributed by atoms with Gasteiger partial charge in [-0.3, -0.25) is 4.79 Å². The van der Waals surface area contributed by atoms with Crippen molar-refractivity contribution in [1.29, 1.82) is 5.26 Å². The summed E-state index contributed by atoms with van der Waals surface area (Å²) in [6, 6.07) is 2.38. The molecule has 0 saturated heterocycles. The summed E-state index contributed by atoms with van der Waals surface area (Å²) in [6.45, 7) is 7.88. The first kappa shape index (κ1) is 16.0. The number of allylic oxidation sites excluding steroid dienone is 1. The van der Waals surface area contributed by atoms with Crippen molar-refractivity contribution in [3.05, 3.63) is 11.6 Å². The molecule has 0 aromatic heterocycles. The van der Waals surface area contributed by atoms with E-state index in [1.165, 1.54) is 0 Å². The zero-order chi connectivity index (χ0) is 16.0. The molecule has 0 aliphatic heterocycles. The zero-order valence-corrected chi connectivity index (χ0v) is 13.7. The maximum absolute atomic E-state index is 11.6. The van der Waals surface area contributed by atoms with Gasteiger partial charge in [-0.2, -0.15) is 5.26 Å². The van der Waals surface area contributed by atoms with Crippen LogP contribution in [-0.4, -0.2) is 35.1 Å². The minimum atomic E-state index is -0.692. The van der Waals surface area contributed by atoms with Crippen LogP contribution in [0.1, 0.15) is 47.0 Å². The third kappa shape index (κ3) is 2.48. The van der Waals surface area contributed by atoms with Gasteiger partial charge in [0.25, 0.3) is 0 Å². The van der Waals surface area contributed by atoms with Crippen LogP contribution < -0.4 is 0 Å². The van der Waals surface area contributed by atoms with E-state index in [1.807, 2.05) is 18.0 Å². The summed E-state index contributed by atoms with van der Waals surface area (Å²) in [5, 5.41) is 19.8. The minimum Gasteiger partial charge on any atom is -0.387 e. The van der Waals surface area contributed by atoms with Gasteiger partial charge in [-0.1, -0.05) is 26.8 Å². The normalized spacial score (nSPS) is 38.0. The summed E-state index contributed by atoms with van der Waals surface area (Å²) >= 11 is 0. The molecule has 4 atom stereocenters. The van der Waals surface area contributed by atoms with E-state index in [-0.39, 0.29) is 22.8 Å². The number of carbonyl (C=O) groups is 1. The highest BCUT2D eigenvalue weighted by Gasteiger charge is 2.53. The molecule has 1 saturated carbocycles. The Balaban J connectivity index is 2.38. The molecule has 0 radical (unpaired) electrons. The van der Waals surface area contributed by atoms with Gasteiger partial charge in [-0.05, 0) is 36.0 Å². The van der Waals surface area contributed by atoms with Gasteiger partial charge in [-0.25, -0.2) is 0 Å². The lowest BCUT2D eigenvalue weighted by molar-refractivity contribution is -0.132. The van der Waals surface area contributed by atoms with E-state index in [0.717, 1.165) is 19.3 Å². The van der Waals surface area contributed by atoms with Gasteiger partial charge in [0.1, 0.15) is 0 Å². The SMILES string of the molecule is CC(=O)N(C)[C@@H]1CC[C@@H]2C(C)(C)C(O)C(C#N)=C[C@@]2(C)C1.